The summed E-state index contributed by atoms with van der Waals surface area (Å²) in [6, 6.07) is 11.3. The molecule has 1 aliphatic carbocycles. The highest BCUT2D eigenvalue weighted by atomic mass is 32.1. The Hall–Kier alpha value is -1.19. The molecular weight excluding hydrogens is 252 g/mol. The summed E-state index contributed by atoms with van der Waals surface area (Å²) in [5.41, 5.74) is 2.40. The van der Waals surface area contributed by atoms with Crippen LogP contribution in [0.1, 0.15) is 42.5 Å². The van der Waals surface area contributed by atoms with Gasteiger partial charge >= 0.3 is 0 Å². The van der Waals surface area contributed by atoms with Crippen LogP contribution in [0.4, 0.5) is 0 Å². The predicted octanol–water partition coefficient (Wildman–Crippen LogP) is 4.19. The molecule has 0 saturated heterocycles. The fraction of sp³-hybridized carbons (Fsp3) is 0.438. The molecule has 19 heavy (non-hydrogen) atoms. The van der Waals surface area contributed by atoms with E-state index >= 15 is 0 Å². The summed E-state index contributed by atoms with van der Waals surface area (Å²) >= 11 is 1.86. The topological polar surface area (TPSA) is 24.9 Å². The maximum atomic E-state index is 4.86. The molecule has 1 heterocycles. The molecule has 3 rings (SSSR count). The van der Waals surface area contributed by atoms with E-state index in [1.165, 1.54) is 34.0 Å². The molecule has 2 nitrogen and oxygen atoms in total. The zero-order valence-electron chi connectivity index (χ0n) is 11.5. The lowest BCUT2D eigenvalue weighted by Crippen LogP contribution is -2.14. The van der Waals surface area contributed by atoms with Crippen molar-refractivity contribution in [1.82, 2.24) is 10.3 Å². The molecule has 1 saturated carbocycles. The van der Waals surface area contributed by atoms with E-state index in [4.69, 9.17) is 4.98 Å². The molecule has 1 aliphatic rings. The van der Waals surface area contributed by atoms with Crippen molar-refractivity contribution in [1.29, 1.82) is 0 Å². The molecule has 0 unspecified atom stereocenters. The van der Waals surface area contributed by atoms with Gasteiger partial charge in [0.05, 0.1) is 10.7 Å². The first-order valence-corrected chi connectivity index (χ1v) is 7.84. The number of hydrogen-bond donors (Lipinski definition) is 1. The predicted molar refractivity (Wildman–Crippen MR) is 81.5 cm³/mol. The summed E-state index contributed by atoms with van der Waals surface area (Å²) in [6.45, 7) is 5.39. The molecular formula is C16H20N2S. The Bertz CT molecular complexity index is 541. The molecule has 0 amide bonds. The Morgan fingerprint density at radius 1 is 1.26 bits per heavy atom. The van der Waals surface area contributed by atoms with Gasteiger partial charge in [-0.05, 0) is 12.8 Å². The third-order valence-electron chi connectivity index (χ3n) is 3.38. The summed E-state index contributed by atoms with van der Waals surface area (Å²) < 4.78 is 0. The molecule has 3 heteroatoms. The van der Waals surface area contributed by atoms with Crippen LogP contribution in [0.25, 0.3) is 11.3 Å². The van der Waals surface area contributed by atoms with Crippen molar-refractivity contribution in [3.05, 3.63) is 40.2 Å². The summed E-state index contributed by atoms with van der Waals surface area (Å²) in [4.78, 5) is 6.23. The van der Waals surface area contributed by atoms with Crippen LogP contribution in [0, 0.1) is 0 Å². The van der Waals surface area contributed by atoms with E-state index in [0.29, 0.717) is 5.92 Å². The van der Waals surface area contributed by atoms with Gasteiger partial charge in [-0.1, -0.05) is 44.2 Å². The molecule has 0 aliphatic heterocycles. The van der Waals surface area contributed by atoms with Gasteiger partial charge in [0.1, 0.15) is 0 Å². The Kier molecular flexibility index (Phi) is 3.67. The van der Waals surface area contributed by atoms with Crippen LogP contribution in [-0.4, -0.2) is 11.0 Å². The lowest BCUT2D eigenvalue weighted by molar-refractivity contribution is 0.695. The molecule has 1 aromatic carbocycles. The van der Waals surface area contributed by atoms with E-state index in [1.807, 2.05) is 11.3 Å². The maximum Gasteiger partial charge on any atom is 0.0961 e. The number of hydrogen-bond acceptors (Lipinski definition) is 3. The molecule has 0 spiro atoms. The zero-order chi connectivity index (χ0) is 13.2. The summed E-state index contributed by atoms with van der Waals surface area (Å²) in [7, 11) is 0. The number of benzene rings is 1. The second kappa shape index (κ2) is 5.43. The first-order chi connectivity index (χ1) is 9.24. The van der Waals surface area contributed by atoms with E-state index in [-0.39, 0.29) is 0 Å². The van der Waals surface area contributed by atoms with Gasteiger partial charge in [0, 0.05) is 28.9 Å². The third-order valence-corrected chi connectivity index (χ3v) is 4.74. The second-order valence-corrected chi connectivity index (χ2v) is 6.61. The van der Waals surface area contributed by atoms with Crippen LogP contribution < -0.4 is 5.32 Å². The van der Waals surface area contributed by atoms with Crippen LogP contribution >= 0.6 is 11.3 Å². The van der Waals surface area contributed by atoms with Gasteiger partial charge in [-0.3, -0.25) is 0 Å². The van der Waals surface area contributed by atoms with Gasteiger partial charge in [-0.2, -0.15) is 0 Å². The number of nitrogens with zero attached hydrogens (tertiary/aromatic N) is 1. The number of rotatable bonds is 5. The summed E-state index contributed by atoms with van der Waals surface area (Å²) in [6.07, 6.45) is 2.66. The minimum atomic E-state index is 0.502. The minimum absolute atomic E-state index is 0.502. The van der Waals surface area contributed by atoms with Gasteiger partial charge in [0.25, 0.3) is 0 Å². The maximum absolute atomic E-state index is 4.86. The molecule has 1 aromatic heterocycles. The lowest BCUT2D eigenvalue weighted by atomic mass is 10.1. The SMILES string of the molecule is CC(C)c1nc(-c2ccccc2)c(CNC2CC2)s1. The van der Waals surface area contributed by atoms with Crippen molar-refractivity contribution in [2.75, 3.05) is 0 Å². The van der Waals surface area contributed by atoms with Gasteiger partial charge in [0.15, 0.2) is 0 Å². The van der Waals surface area contributed by atoms with E-state index in [2.05, 4.69) is 49.5 Å². The Balaban J connectivity index is 1.90. The van der Waals surface area contributed by atoms with Crippen molar-refractivity contribution >= 4 is 11.3 Å². The highest BCUT2D eigenvalue weighted by Crippen LogP contribution is 2.32. The van der Waals surface area contributed by atoms with Gasteiger partial charge in [-0.15, -0.1) is 11.3 Å². The van der Waals surface area contributed by atoms with E-state index < -0.39 is 0 Å². The average Bonchev–Trinajstić information content (AvgIpc) is 3.15. The van der Waals surface area contributed by atoms with E-state index in [0.717, 1.165) is 12.6 Å². The van der Waals surface area contributed by atoms with Crippen molar-refractivity contribution in [2.45, 2.75) is 45.2 Å². The quantitative estimate of drug-likeness (QED) is 0.883. The fourth-order valence-electron chi connectivity index (χ4n) is 2.08. The third kappa shape index (κ3) is 3.04. The smallest absolute Gasteiger partial charge is 0.0961 e. The normalized spacial score (nSPS) is 15.1. The summed E-state index contributed by atoms with van der Waals surface area (Å²) in [5, 5.41) is 4.85. The van der Waals surface area contributed by atoms with Crippen LogP contribution in [0.5, 0.6) is 0 Å². The molecule has 0 bridgehead atoms. The minimum Gasteiger partial charge on any atom is -0.309 e. The number of thiazole rings is 1. The average molecular weight is 272 g/mol. The first-order valence-electron chi connectivity index (χ1n) is 7.02. The van der Waals surface area contributed by atoms with Crippen molar-refractivity contribution in [3.63, 3.8) is 0 Å². The van der Waals surface area contributed by atoms with E-state index in [9.17, 15) is 0 Å². The summed E-state index contributed by atoms with van der Waals surface area (Å²) in [5.74, 6) is 0.502. The zero-order valence-corrected chi connectivity index (χ0v) is 12.3. The van der Waals surface area contributed by atoms with E-state index in [1.54, 1.807) is 0 Å². The van der Waals surface area contributed by atoms with Crippen molar-refractivity contribution in [2.24, 2.45) is 0 Å². The molecule has 0 atom stereocenters. The molecule has 0 radical (unpaired) electrons. The number of aromatic nitrogens is 1. The molecule has 1 fully saturated rings. The Labute approximate surface area is 118 Å². The Morgan fingerprint density at radius 3 is 2.63 bits per heavy atom. The van der Waals surface area contributed by atoms with Crippen LogP contribution in [0.15, 0.2) is 30.3 Å². The number of nitrogens with one attached hydrogen (secondary N) is 1. The monoisotopic (exact) mass is 272 g/mol. The van der Waals surface area contributed by atoms with Crippen LogP contribution in [-0.2, 0) is 6.54 Å². The fourth-order valence-corrected chi connectivity index (χ4v) is 3.12. The largest absolute Gasteiger partial charge is 0.309 e. The molecule has 2 aromatic rings. The highest BCUT2D eigenvalue weighted by molar-refractivity contribution is 7.12. The molecule has 1 N–H and O–H groups in total. The van der Waals surface area contributed by atoms with Gasteiger partial charge in [0.2, 0.25) is 0 Å². The van der Waals surface area contributed by atoms with Crippen LogP contribution in [0.3, 0.4) is 0 Å². The highest BCUT2D eigenvalue weighted by Gasteiger charge is 2.22. The van der Waals surface area contributed by atoms with Gasteiger partial charge < -0.3 is 5.32 Å². The standard InChI is InChI=1S/C16H20N2S/c1-11(2)16-18-15(12-6-4-3-5-7-12)14(19-16)10-17-13-8-9-13/h3-7,11,13,17H,8-10H2,1-2H3. The lowest BCUT2D eigenvalue weighted by Gasteiger charge is -2.03. The van der Waals surface area contributed by atoms with Crippen molar-refractivity contribution in [3.8, 4) is 11.3 Å². The first kappa shape index (κ1) is 12.8. The second-order valence-electron chi connectivity index (χ2n) is 5.50. The van der Waals surface area contributed by atoms with Crippen LogP contribution in [0.2, 0.25) is 0 Å². The molecule has 100 valence electrons. The van der Waals surface area contributed by atoms with Gasteiger partial charge in [-0.25, -0.2) is 4.98 Å². The van der Waals surface area contributed by atoms with Crippen molar-refractivity contribution < 1.29 is 0 Å². The Morgan fingerprint density at radius 2 is 2.00 bits per heavy atom.